The number of carbonyl (C=O) groups excluding carboxylic acids is 3. The van der Waals surface area contributed by atoms with E-state index in [-0.39, 0.29) is 42.2 Å². The molecule has 0 bridgehead atoms. The van der Waals surface area contributed by atoms with Crippen molar-refractivity contribution in [3.8, 4) is 17.1 Å². The summed E-state index contributed by atoms with van der Waals surface area (Å²) < 4.78 is 24.3. The van der Waals surface area contributed by atoms with E-state index in [1.165, 1.54) is 0 Å². The van der Waals surface area contributed by atoms with Crippen molar-refractivity contribution in [1.29, 1.82) is 0 Å². The fourth-order valence-corrected chi connectivity index (χ4v) is 9.61. The molecule has 0 saturated heterocycles. The van der Waals surface area contributed by atoms with Crippen molar-refractivity contribution in [2.45, 2.75) is 103 Å². The van der Waals surface area contributed by atoms with Crippen molar-refractivity contribution in [3.63, 3.8) is 0 Å². The predicted octanol–water partition coefficient (Wildman–Crippen LogP) is 8.19. The number of fused-ring (bicyclic) bond motifs is 5. The van der Waals surface area contributed by atoms with Crippen LogP contribution >= 0.6 is 11.6 Å². The van der Waals surface area contributed by atoms with Gasteiger partial charge in [0.25, 0.3) is 5.56 Å². The topological polar surface area (TPSA) is 146 Å². The van der Waals surface area contributed by atoms with Gasteiger partial charge in [0.2, 0.25) is 5.91 Å². The standard InChI is InChI=1S/C50H54ClN3O9/c1-4-23-60-25-26-61-24-22-53(47(57)49(20-8-7-9-21-49)34-14-16-35(51)17-15-34)29-32-10-12-33(13-11-32)46(56)63-36-18-19-42-38(27-36)37(5-2)39-30-54-43(44(39)52-42)28-41-40(45(54)55)31-62-48(58)50(41,59)6-3/h10-19,27-28,59H,4-9,20-26,29-31H2,1-3H3/t50-/m1/s1. The summed E-state index contributed by atoms with van der Waals surface area (Å²) in [6.45, 7) is 8.55. The van der Waals surface area contributed by atoms with Crippen molar-refractivity contribution in [2.24, 2.45) is 0 Å². The van der Waals surface area contributed by atoms with Crippen LogP contribution in [0.25, 0.3) is 22.3 Å². The van der Waals surface area contributed by atoms with Crippen LogP contribution in [0.1, 0.15) is 109 Å². The van der Waals surface area contributed by atoms with Crippen molar-refractivity contribution in [1.82, 2.24) is 14.5 Å². The Balaban J connectivity index is 1.01. The van der Waals surface area contributed by atoms with Crippen LogP contribution in [0.4, 0.5) is 0 Å². The third-order valence-electron chi connectivity index (χ3n) is 12.9. The molecule has 330 valence electrons. The van der Waals surface area contributed by atoms with Crippen LogP contribution in [-0.4, -0.2) is 70.4 Å². The quantitative estimate of drug-likeness (QED) is 0.0574. The number of esters is 2. The molecule has 0 radical (unpaired) electrons. The Hall–Kier alpha value is -5.40. The third-order valence-corrected chi connectivity index (χ3v) is 13.2. The molecule has 0 unspecified atom stereocenters. The Morgan fingerprint density at radius 2 is 1.62 bits per heavy atom. The molecule has 12 nitrogen and oxygen atoms in total. The zero-order chi connectivity index (χ0) is 44.3. The Bertz CT molecular complexity index is 2580. The Morgan fingerprint density at radius 3 is 2.32 bits per heavy atom. The molecule has 0 spiro atoms. The van der Waals surface area contributed by atoms with Gasteiger partial charge in [-0.15, -0.1) is 0 Å². The fourth-order valence-electron chi connectivity index (χ4n) is 9.49. The third kappa shape index (κ3) is 8.54. The summed E-state index contributed by atoms with van der Waals surface area (Å²) in [6.07, 6.45) is 6.13. The largest absolute Gasteiger partial charge is 0.458 e. The maximum Gasteiger partial charge on any atom is 0.343 e. The van der Waals surface area contributed by atoms with Gasteiger partial charge in [-0.25, -0.2) is 14.6 Å². The van der Waals surface area contributed by atoms with E-state index in [4.69, 9.17) is 35.5 Å². The van der Waals surface area contributed by atoms with Gasteiger partial charge in [-0.05, 0) is 97.3 Å². The number of rotatable bonds is 16. The van der Waals surface area contributed by atoms with E-state index in [9.17, 15) is 24.3 Å². The molecule has 1 fully saturated rings. The molecular weight excluding hydrogens is 822 g/mol. The second-order valence-electron chi connectivity index (χ2n) is 16.7. The highest BCUT2D eigenvalue weighted by Gasteiger charge is 2.46. The molecule has 4 heterocycles. The van der Waals surface area contributed by atoms with Crippen LogP contribution in [-0.2, 0) is 60.9 Å². The number of aromatic nitrogens is 2. The SMILES string of the molecule is CCCOCCOCCN(Cc1ccc(C(=O)Oc2ccc3nc4c(c(CC)c3c2)Cn2c-4cc3c(c2=O)COC(=O)[C@@]3(O)CC)cc1)C(=O)C1(c2ccc(Cl)cc2)CCCCC1. The minimum Gasteiger partial charge on any atom is -0.458 e. The number of halogens is 1. The van der Waals surface area contributed by atoms with Crippen molar-refractivity contribution in [3.05, 3.63) is 127 Å². The molecule has 1 N–H and O–H groups in total. The summed E-state index contributed by atoms with van der Waals surface area (Å²) in [6, 6.07) is 21.8. The van der Waals surface area contributed by atoms with E-state index >= 15 is 0 Å². The van der Waals surface area contributed by atoms with Crippen molar-refractivity contribution >= 4 is 40.3 Å². The summed E-state index contributed by atoms with van der Waals surface area (Å²) in [5, 5.41) is 12.7. The lowest BCUT2D eigenvalue weighted by Gasteiger charge is -2.40. The number of hydrogen-bond donors (Lipinski definition) is 1. The number of aryl methyl sites for hydroxylation is 1. The molecule has 13 heteroatoms. The van der Waals surface area contributed by atoms with Crippen LogP contribution < -0.4 is 10.3 Å². The first-order valence-electron chi connectivity index (χ1n) is 22.2. The van der Waals surface area contributed by atoms with E-state index < -0.39 is 23.0 Å². The predicted molar refractivity (Wildman–Crippen MR) is 239 cm³/mol. The highest BCUT2D eigenvalue weighted by Crippen LogP contribution is 2.43. The maximum absolute atomic E-state index is 14.8. The minimum atomic E-state index is -1.91. The number of hydrogen-bond acceptors (Lipinski definition) is 10. The van der Waals surface area contributed by atoms with Gasteiger partial charge in [0, 0.05) is 41.2 Å². The van der Waals surface area contributed by atoms with Crippen LogP contribution in [0, 0.1) is 0 Å². The molecular formula is C50H54ClN3O9. The summed E-state index contributed by atoms with van der Waals surface area (Å²) in [5.74, 6) is -0.895. The van der Waals surface area contributed by atoms with Gasteiger partial charge in [-0.2, -0.15) is 0 Å². The molecule has 3 aliphatic rings. The van der Waals surface area contributed by atoms with E-state index in [2.05, 4.69) is 6.92 Å². The number of benzene rings is 3. The lowest BCUT2D eigenvalue weighted by Crippen LogP contribution is -2.48. The number of carbonyl (C=O) groups is 3. The summed E-state index contributed by atoms with van der Waals surface area (Å²) in [5.41, 5.74) is 3.45. The lowest BCUT2D eigenvalue weighted by atomic mass is 9.68. The maximum atomic E-state index is 14.8. The van der Waals surface area contributed by atoms with Crippen molar-refractivity contribution < 1.29 is 38.4 Å². The highest BCUT2D eigenvalue weighted by atomic mass is 35.5. The Labute approximate surface area is 372 Å². The zero-order valence-electron chi connectivity index (χ0n) is 36.2. The van der Waals surface area contributed by atoms with Gasteiger partial charge in [0.05, 0.1) is 59.8 Å². The van der Waals surface area contributed by atoms with E-state index in [0.717, 1.165) is 66.2 Å². The monoisotopic (exact) mass is 875 g/mol. The van der Waals surface area contributed by atoms with E-state index in [0.29, 0.717) is 79.2 Å². The molecule has 2 aliphatic heterocycles. The molecule has 63 heavy (non-hydrogen) atoms. The second-order valence-corrected chi connectivity index (χ2v) is 17.2. The first-order valence-corrected chi connectivity index (χ1v) is 22.5. The number of aliphatic hydroxyl groups is 1. The second kappa shape index (κ2) is 18.8. The normalized spacial score (nSPS) is 17.4. The van der Waals surface area contributed by atoms with Gasteiger partial charge in [-0.1, -0.05) is 75.9 Å². The smallest absolute Gasteiger partial charge is 0.343 e. The molecule has 1 atom stereocenters. The zero-order valence-corrected chi connectivity index (χ0v) is 36.9. The first kappa shape index (κ1) is 44.2. The Kier molecular flexibility index (Phi) is 13.2. The van der Waals surface area contributed by atoms with Crippen LogP contribution in [0.3, 0.4) is 0 Å². The van der Waals surface area contributed by atoms with Crippen LogP contribution in [0.2, 0.25) is 5.02 Å². The number of amides is 1. The minimum absolute atomic E-state index is 0.0591. The van der Waals surface area contributed by atoms with Gasteiger partial charge in [0.15, 0.2) is 5.60 Å². The number of nitrogens with zero attached hydrogens (tertiary/aromatic N) is 3. The molecule has 3 aromatic carbocycles. The molecule has 1 aliphatic carbocycles. The lowest BCUT2D eigenvalue weighted by molar-refractivity contribution is -0.172. The van der Waals surface area contributed by atoms with Gasteiger partial charge >= 0.3 is 11.9 Å². The van der Waals surface area contributed by atoms with Gasteiger partial charge < -0.3 is 33.5 Å². The van der Waals surface area contributed by atoms with Crippen LogP contribution in [0.5, 0.6) is 5.75 Å². The molecule has 1 amide bonds. The molecule has 1 saturated carbocycles. The average molecular weight is 876 g/mol. The molecule has 5 aromatic rings. The number of cyclic esters (lactones) is 1. The highest BCUT2D eigenvalue weighted by molar-refractivity contribution is 6.30. The van der Waals surface area contributed by atoms with Crippen molar-refractivity contribution in [2.75, 3.05) is 33.0 Å². The number of pyridine rings is 2. The summed E-state index contributed by atoms with van der Waals surface area (Å²) >= 11 is 6.28. The van der Waals surface area contributed by atoms with Crippen LogP contribution in [0.15, 0.2) is 77.6 Å². The number of ether oxygens (including phenoxy) is 4. The van der Waals surface area contributed by atoms with Gasteiger partial charge in [-0.3, -0.25) is 9.59 Å². The molecule has 2 aromatic heterocycles. The summed E-state index contributed by atoms with van der Waals surface area (Å²) in [4.78, 5) is 61.6. The Morgan fingerprint density at radius 1 is 0.889 bits per heavy atom. The summed E-state index contributed by atoms with van der Waals surface area (Å²) in [7, 11) is 0. The van der Waals surface area contributed by atoms with E-state index in [1.807, 2.05) is 48.2 Å². The van der Waals surface area contributed by atoms with E-state index in [1.54, 1.807) is 47.9 Å². The first-order chi connectivity index (χ1) is 30.5. The average Bonchev–Trinajstić information content (AvgIpc) is 3.67. The van der Waals surface area contributed by atoms with Gasteiger partial charge in [0.1, 0.15) is 12.4 Å². The fraction of sp³-hybridized carbons (Fsp3) is 0.420. The molecule has 8 rings (SSSR count).